The quantitative estimate of drug-likeness (QED) is 0.112. The number of amides is 1. The van der Waals surface area contributed by atoms with E-state index in [1.807, 2.05) is 62.1 Å². The molecule has 1 amide bonds. The Morgan fingerprint density at radius 1 is 0.811 bits per heavy atom. The topological polar surface area (TPSA) is 64.1 Å². The number of carbonyl (C=O) groups is 1. The van der Waals surface area contributed by atoms with Crippen LogP contribution in [0.25, 0.3) is 5.57 Å². The zero-order valence-corrected chi connectivity index (χ0v) is 31.6. The third-order valence-corrected chi connectivity index (χ3v) is 10.0. The smallest absolute Gasteiger partial charge is 0.249 e. The lowest BCUT2D eigenvalue weighted by molar-refractivity contribution is -0.128. The molecule has 4 aromatic carbocycles. The van der Waals surface area contributed by atoms with Crippen LogP contribution in [0.5, 0.6) is 23.1 Å². The number of carbonyl (C=O) groups excluding carboxylic acids is 1. The van der Waals surface area contributed by atoms with Gasteiger partial charge in [-0.3, -0.25) is 9.69 Å². The molecule has 1 fully saturated rings. The molecule has 1 saturated heterocycles. The molecule has 7 nitrogen and oxygen atoms in total. The molecular weight excluding hydrogens is 712 g/mol. The fraction of sp³-hybridized carbons (Fsp3) is 0.256. The molecule has 0 N–H and O–H groups in total. The second-order valence-corrected chi connectivity index (χ2v) is 13.9. The molecule has 0 atom stereocenters. The molecule has 10 heteroatoms. The maximum absolute atomic E-state index is 13.6. The van der Waals surface area contributed by atoms with E-state index in [9.17, 15) is 9.18 Å². The molecule has 0 saturated carbocycles. The van der Waals surface area contributed by atoms with Crippen molar-refractivity contribution in [3.8, 4) is 23.1 Å². The molecule has 0 spiro atoms. The number of aromatic nitrogens is 1. The largest absolute Gasteiger partial charge is 0.493 e. The molecule has 0 radical (unpaired) electrons. The van der Waals surface area contributed by atoms with Crippen LogP contribution in [0.3, 0.4) is 0 Å². The molecule has 0 unspecified atom stereocenters. The number of ether oxygens (including phenoxy) is 3. The van der Waals surface area contributed by atoms with E-state index in [0.29, 0.717) is 65.1 Å². The van der Waals surface area contributed by atoms with Gasteiger partial charge in [-0.1, -0.05) is 65.7 Å². The average Bonchev–Trinajstić information content (AvgIpc) is 3.17. The van der Waals surface area contributed by atoms with E-state index >= 15 is 0 Å². The van der Waals surface area contributed by atoms with Crippen molar-refractivity contribution in [1.82, 2.24) is 14.8 Å². The zero-order valence-electron chi connectivity index (χ0n) is 30.1. The summed E-state index contributed by atoms with van der Waals surface area (Å²) >= 11 is 13.0. The highest BCUT2D eigenvalue weighted by atomic mass is 35.5. The molecule has 53 heavy (non-hydrogen) atoms. The minimum absolute atomic E-state index is 0.0319. The van der Waals surface area contributed by atoms with Crippen molar-refractivity contribution in [2.75, 3.05) is 32.8 Å². The first-order chi connectivity index (χ1) is 25.6. The molecule has 0 bridgehead atoms. The van der Waals surface area contributed by atoms with E-state index in [1.54, 1.807) is 30.5 Å². The van der Waals surface area contributed by atoms with Gasteiger partial charge in [-0.05, 0) is 97.1 Å². The fourth-order valence-corrected chi connectivity index (χ4v) is 6.58. The molecule has 1 aliphatic heterocycles. The fourth-order valence-electron chi connectivity index (χ4n) is 6.08. The van der Waals surface area contributed by atoms with Crippen LogP contribution in [0.1, 0.15) is 41.7 Å². The summed E-state index contributed by atoms with van der Waals surface area (Å²) in [6, 6.07) is 29.5. The van der Waals surface area contributed by atoms with Gasteiger partial charge in [0.25, 0.3) is 0 Å². The summed E-state index contributed by atoms with van der Waals surface area (Å²) in [5.74, 6) is 1.90. The van der Waals surface area contributed by atoms with Crippen LogP contribution < -0.4 is 14.2 Å². The summed E-state index contributed by atoms with van der Waals surface area (Å²) in [5, 5.41) is 1.08. The van der Waals surface area contributed by atoms with E-state index in [1.165, 1.54) is 23.3 Å². The summed E-state index contributed by atoms with van der Waals surface area (Å²) in [4.78, 5) is 22.3. The van der Waals surface area contributed by atoms with Gasteiger partial charge in [-0.15, -0.1) is 0 Å². The van der Waals surface area contributed by atoms with Gasteiger partial charge in [0.15, 0.2) is 5.75 Å². The Balaban J connectivity index is 0.982. The van der Waals surface area contributed by atoms with Crippen molar-refractivity contribution in [1.29, 1.82) is 0 Å². The van der Waals surface area contributed by atoms with Crippen LogP contribution in [0.4, 0.5) is 4.39 Å². The molecule has 1 aromatic heterocycles. The molecular formula is C43H42Cl2FN3O4. The Kier molecular flexibility index (Phi) is 12.7. The molecule has 2 heterocycles. The second-order valence-electron chi connectivity index (χ2n) is 13.1. The highest BCUT2D eigenvalue weighted by Crippen LogP contribution is 2.36. The van der Waals surface area contributed by atoms with Crippen LogP contribution in [0.15, 0.2) is 109 Å². The lowest BCUT2D eigenvalue weighted by Gasteiger charge is -2.35. The number of nitrogens with zero attached hydrogens (tertiary/aromatic N) is 3. The molecule has 274 valence electrons. The average molecular weight is 755 g/mol. The minimum atomic E-state index is -0.274. The van der Waals surface area contributed by atoms with E-state index < -0.39 is 0 Å². The molecule has 1 aliphatic rings. The van der Waals surface area contributed by atoms with E-state index in [2.05, 4.69) is 34.1 Å². The van der Waals surface area contributed by atoms with Crippen LogP contribution in [0.2, 0.25) is 10.0 Å². The van der Waals surface area contributed by atoms with Gasteiger partial charge in [0.2, 0.25) is 11.8 Å². The van der Waals surface area contributed by atoms with Crippen molar-refractivity contribution < 1.29 is 23.4 Å². The summed E-state index contributed by atoms with van der Waals surface area (Å²) < 4.78 is 30.7. The number of hydrogen-bond donors (Lipinski definition) is 0. The van der Waals surface area contributed by atoms with Crippen LogP contribution >= 0.6 is 23.2 Å². The highest BCUT2D eigenvalue weighted by molar-refractivity contribution is 6.32. The summed E-state index contributed by atoms with van der Waals surface area (Å²) in [6.45, 7) is 10.3. The van der Waals surface area contributed by atoms with Crippen molar-refractivity contribution in [3.05, 3.63) is 153 Å². The summed E-state index contributed by atoms with van der Waals surface area (Å²) in [7, 11) is 0. The summed E-state index contributed by atoms with van der Waals surface area (Å²) in [6.07, 6.45) is 2.37. The summed E-state index contributed by atoms with van der Waals surface area (Å²) in [5.41, 5.74) is 6.55. The SMILES string of the molecule is CC(C(=O)N1CCN(Cc2ccc(CCOc3ccc(F)cc3)cc2)CC1)=C(C)c1cc(C)c(Oc2ccc(OCc3ccccc3Cl)cn2)c(Cl)c1. The van der Waals surface area contributed by atoms with Gasteiger partial charge in [0.05, 0.1) is 17.8 Å². The third-order valence-electron chi connectivity index (χ3n) is 9.38. The number of pyridine rings is 1. The van der Waals surface area contributed by atoms with Crippen molar-refractivity contribution >= 4 is 34.7 Å². The Hall–Kier alpha value is -4.89. The van der Waals surface area contributed by atoms with Gasteiger partial charge in [0.1, 0.15) is 23.9 Å². The van der Waals surface area contributed by atoms with Gasteiger partial charge < -0.3 is 19.1 Å². The van der Waals surface area contributed by atoms with E-state index in [4.69, 9.17) is 37.4 Å². The molecule has 0 aliphatic carbocycles. The van der Waals surface area contributed by atoms with Gasteiger partial charge in [-0.2, -0.15) is 0 Å². The Morgan fingerprint density at radius 2 is 1.51 bits per heavy atom. The first-order valence-electron chi connectivity index (χ1n) is 17.6. The van der Waals surface area contributed by atoms with Gasteiger partial charge >= 0.3 is 0 Å². The molecule has 5 aromatic rings. The van der Waals surface area contributed by atoms with Crippen molar-refractivity contribution in [2.45, 2.75) is 40.3 Å². The first-order valence-corrected chi connectivity index (χ1v) is 18.3. The minimum Gasteiger partial charge on any atom is -0.493 e. The number of allylic oxidation sites excluding steroid dienone is 1. The maximum atomic E-state index is 13.6. The predicted octanol–water partition coefficient (Wildman–Crippen LogP) is 9.97. The maximum Gasteiger partial charge on any atom is 0.249 e. The number of rotatable bonds is 13. The standard InChI is InChI=1S/C43H42Cl2FN3O4/c1-29-24-35(25-40(45)42(29)53-41-17-16-38(26-47-41)52-28-34-6-4-5-7-39(34)44)30(2)31(3)43(50)49-21-19-48(20-22-49)27-33-10-8-32(9-11-33)18-23-51-37-14-12-36(46)13-15-37/h4-17,24-26H,18-23,27-28H2,1-3H3. The van der Waals surface area contributed by atoms with Crippen molar-refractivity contribution in [3.63, 3.8) is 0 Å². The molecule has 6 rings (SSSR count). The number of piperazine rings is 1. The number of hydrogen-bond acceptors (Lipinski definition) is 6. The first kappa shape index (κ1) is 37.9. The lowest BCUT2D eigenvalue weighted by Crippen LogP contribution is -2.48. The van der Waals surface area contributed by atoms with Crippen LogP contribution in [0, 0.1) is 12.7 Å². The van der Waals surface area contributed by atoms with Gasteiger partial charge in [-0.25, -0.2) is 9.37 Å². The number of benzene rings is 4. The van der Waals surface area contributed by atoms with Crippen LogP contribution in [-0.2, 0) is 24.4 Å². The predicted molar refractivity (Wildman–Crippen MR) is 208 cm³/mol. The number of halogens is 3. The van der Waals surface area contributed by atoms with E-state index in [-0.39, 0.29) is 11.7 Å². The normalized spacial score (nSPS) is 13.7. The lowest BCUT2D eigenvalue weighted by atomic mass is 9.99. The van der Waals surface area contributed by atoms with Crippen LogP contribution in [-0.4, -0.2) is 53.5 Å². The Labute approximate surface area is 320 Å². The number of aryl methyl sites for hydroxylation is 1. The van der Waals surface area contributed by atoms with E-state index in [0.717, 1.165) is 48.3 Å². The Bertz CT molecular complexity index is 2020. The third kappa shape index (κ3) is 10.2. The van der Waals surface area contributed by atoms with Crippen molar-refractivity contribution in [2.24, 2.45) is 0 Å². The highest BCUT2D eigenvalue weighted by Gasteiger charge is 2.24. The zero-order chi connectivity index (χ0) is 37.3. The van der Waals surface area contributed by atoms with Gasteiger partial charge in [0, 0.05) is 61.4 Å². The Morgan fingerprint density at radius 3 is 2.19 bits per heavy atom. The monoisotopic (exact) mass is 753 g/mol. The second kappa shape index (κ2) is 17.8.